The van der Waals surface area contributed by atoms with E-state index in [-0.39, 0.29) is 0 Å². The summed E-state index contributed by atoms with van der Waals surface area (Å²) in [6.07, 6.45) is 0. The molecule has 1 N–H and O–H groups in total. The molecule has 0 saturated heterocycles. The van der Waals surface area contributed by atoms with Crippen LogP contribution in [0.15, 0.2) is 58.3 Å². The van der Waals surface area contributed by atoms with E-state index in [1.54, 1.807) is 23.9 Å². The van der Waals surface area contributed by atoms with Gasteiger partial charge in [-0.25, -0.2) is 4.79 Å². The van der Waals surface area contributed by atoms with Crippen molar-refractivity contribution in [2.24, 2.45) is 0 Å². The van der Waals surface area contributed by atoms with E-state index in [0.717, 1.165) is 9.79 Å². The molecule has 3 heteroatoms. The van der Waals surface area contributed by atoms with Crippen molar-refractivity contribution in [1.29, 1.82) is 0 Å². The summed E-state index contributed by atoms with van der Waals surface area (Å²) < 4.78 is 0. The summed E-state index contributed by atoms with van der Waals surface area (Å²) in [6, 6.07) is 15.2. The van der Waals surface area contributed by atoms with E-state index >= 15 is 0 Å². The van der Waals surface area contributed by atoms with Crippen molar-refractivity contribution < 1.29 is 9.90 Å². The van der Waals surface area contributed by atoms with Crippen molar-refractivity contribution in [3.05, 3.63) is 59.7 Å². The van der Waals surface area contributed by atoms with Gasteiger partial charge >= 0.3 is 5.97 Å². The fourth-order valence-electron chi connectivity index (χ4n) is 1.41. The van der Waals surface area contributed by atoms with Gasteiger partial charge in [-0.05, 0) is 43.3 Å². The number of carboxylic acid groups (broad SMARTS) is 1. The summed E-state index contributed by atoms with van der Waals surface area (Å²) in [6.45, 7) is 2.05. The Bertz CT molecular complexity index is 515. The molecule has 0 bridgehead atoms. The Balaban J connectivity index is 2.13. The molecule has 0 aliphatic carbocycles. The summed E-state index contributed by atoms with van der Waals surface area (Å²) in [4.78, 5) is 12.9. The van der Waals surface area contributed by atoms with Gasteiger partial charge in [-0.3, -0.25) is 0 Å². The minimum atomic E-state index is -0.892. The number of rotatable bonds is 3. The number of benzene rings is 2. The van der Waals surface area contributed by atoms with Crippen LogP contribution in [0.1, 0.15) is 15.9 Å². The van der Waals surface area contributed by atoms with E-state index in [0.29, 0.717) is 5.56 Å². The molecule has 0 aliphatic heterocycles. The van der Waals surface area contributed by atoms with Crippen LogP contribution in [0.5, 0.6) is 0 Å². The van der Waals surface area contributed by atoms with E-state index < -0.39 is 5.97 Å². The van der Waals surface area contributed by atoms with Crippen molar-refractivity contribution in [3.63, 3.8) is 0 Å². The fraction of sp³-hybridized carbons (Fsp3) is 0.0714. The molecule has 0 saturated carbocycles. The highest BCUT2D eigenvalue weighted by molar-refractivity contribution is 7.99. The highest BCUT2D eigenvalue weighted by Gasteiger charge is 2.02. The molecular formula is C14H12O2S. The molecule has 0 aromatic heterocycles. The second-order valence-electron chi connectivity index (χ2n) is 3.74. The number of hydrogen-bond acceptors (Lipinski definition) is 2. The van der Waals surface area contributed by atoms with Gasteiger partial charge < -0.3 is 5.11 Å². The van der Waals surface area contributed by atoms with Gasteiger partial charge in [0, 0.05) is 9.79 Å². The zero-order chi connectivity index (χ0) is 12.3. The largest absolute Gasteiger partial charge is 0.478 e. The molecular weight excluding hydrogens is 232 g/mol. The van der Waals surface area contributed by atoms with Crippen LogP contribution in [-0.2, 0) is 0 Å². The lowest BCUT2D eigenvalue weighted by atomic mass is 10.2. The minimum Gasteiger partial charge on any atom is -0.478 e. The maximum Gasteiger partial charge on any atom is 0.335 e. The topological polar surface area (TPSA) is 37.3 Å². The van der Waals surface area contributed by atoms with Gasteiger partial charge in [0.05, 0.1) is 5.56 Å². The van der Waals surface area contributed by atoms with Gasteiger partial charge in [-0.1, -0.05) is 29.5 Å². The molecule has 0 aliphatic rings. The molecule has 2 nitrogen and oxygen atoms in total. The first-order chi connectivity index (χ1) is 8.15. The molecule has 0 radical (unpaired) electrons. The second kappa shape index (κ2) is 5.06. The lowest BCUT2D eigenvalue weighted by Crippen LogP contribution is -1.94. The third-order valence-corrected chi connectivity index (χ3v) is 3.37. The molecule has 2 aromatic carbocycles. The average Bonchev–Trinajstić information content (AvgIpc) is 2.33. The number of hydrogen-bond donors (Lipinski definition) is 1. The molecule has 2 rings (SSSR count). The quantitative estimate of drug-likeness (QED) is 0.891. The van der Waals surface area contributed by atoms with Crippen LogP contribution < -0.4 is 0 Å². The number of carboxylic acids is 1. The van der Waals surface area contributed by atoms with Gasteiger partial charge in [-0.15, -0.1) is 0 Å². The molecule has 0 spiro atoms. The molecule has 0 amide bonds. The Hall–Kier alpha value is -1.74. The normalized spacial score (nSPS) is 10.2. The molecule has 2 aromatic rings. The summed E-state index contributed by atoms with van der Waals surface area (Å²) >= 11 is 1.62. The number of aryl methyl sites for hydroxylation is 1. The lowest BCUT2D eigenvalue weighted by molar-refractivity contribution is 0.0697. The second-order valence-corrected chi connectivity index (χ2v) is 4.89. The first kappa shape index (κ1) is 11.7. The predicted molar refractivity (Wildman–Crippen MR) is 68.7 cm³/mol. The van der Waals surface area contributed by atoms with Crippen molar-refractivity contribution in [2.45, 2.75) is 16.7 Å². The predicted octanol–water partition coefficient (Wildman–Crippen LogP) is 3.84. The van der Waals surface area contributed by atoms with Gasteiger partial charge in [0.2, 0.25) is 0 Å². The summed E-state index contributed by atoms with van der Waals surface area (Å²) in [5.74, 6) is -0.892. The van der Waals surface area contributed by atoms with E-state index in [9.17, 15) is 4.79 Å². The number of carbonyl (C=O) groups is 1. The molecule has 86 valence electrons. The van der Waals surface area contributed by atoms with Crippen LogP contribution in [0, 0.1) is 6.92 Å². The molecule has 0 fully saturated rings. The van der Waals surface area contributed by atoms with Crippen LogP contribution >= 0.6 is 11.8 Å². The van der Waals surface area contributed by atoms with Gasteiger partial charge in [-0.2, -0.15) is 0 Å². The van der Waals surface area contributed by atoms with Crippen molar-refractivity contribution in [3.8, 4) is 0 Å². The van der Waals surface area contributed by atoms with E-state index in [4.69, 9.17) is 5.11 Å². The van der Waals surface area contributed by atoms with Crippen LogP contribution in [0.4, 0.5) is 0 Å². The Morgan fingerprint density at radius 1 is 0.941 bits per heavy atom. The first-order valence-electron chi connectivity index (χ1n) is 5.23. The summed E-state index contributed by atoms with van der Waals surface area (Å²) in [5, 5.41) is 8.79. The third-order valence-electron chi connectivity index (χ3n) is 2.36. The van der Waals surface area contributed by atoms with Crippen LogP contribution in [0.25, 0.3) is 0 Å². The fourth-order valence-corrected chi connectivity index (χ4v) is 2.22. The Kier molecular flexibility index (Phi) is 3.49. The standard InChI is InChI=1S/C14H12O2S/c1-10-2-6-12(7-3-10)17-13-8-4-11(5-9-13)14(15)16/h2-9H,1H3,(H,15,16). The maximum absolute atomic E-state index is 10.7. The van der Waals surface area contributed by atoms with Gasteiger partial charge in [0.1, 0.15) is 0 Å². The smallest absolute Gasteiger partial charge is 0.335 e. The maximum atomic E-state index is 10.7. The van der Waals surface area contributed by atoms with Crippen molar-refractivity contribution >= 4 is 17.7 Å². The highest BCUT2D eigenvalue weighted by atomic mass is 32.2. The Labute approximate surface area is 104 Å². The molecule has 0 atom stereocenters. The summed E-state index contributed by atoms with van der Waals surface area (Å²) in [5.41, 5.74) is 1.55. The Morgan fingerprint density at radius 2 is 1.41 bits per heavy atom. The zero-order valence-corrected chi connectivity index (χ0v) is 10.2. The van der Waals surface area contributed by atoms with E-state index in [2.05, 4.69) is 31.2 Å². The molecule has 17 heavy (non-hydrogen) atoms. The van der Waals surface area contributed by atoms with Crippen LogP contribution in [0.3, 0.4) is 0 Å². The van der Waals surface area contributed by atoms with E-state index in [1.807, 2.05) is 12.1 Å². The van der Waals surface area contributed by atoms with Crippen molar-refractivity contribution in [1.82, 2.24) is 0 Å². The highest BCUT2D eigenvalue weighted by Crippen LogP contribution is 2.27. The first-order valence-corrected chi connectivity index (χ1v) is 6.05. The van der Waals surface area contributed by atoms with Crippen LogP contribution in [0.2, 0.25) is 0 Å². The average molecular weight is 244 g/mol. The molecule has 0 unspecified atom stereocenters. The van der Waals surface area contributed by atoms with Crippen molar-refractivity contribution in [2.75, 3.05) is 0 Å². The monoisotopic (exact) mass is 244 g/mol. The van der Waals surface area contributed by atoms with E-state index in [1.165, 1.54) is 5.56 Å². The zero-order valence-electron chi connectivity index (χ0n) is 9.38. The number of aromatic carboxylic acids is 1. The molecule has 0 heterocycles. The van der Waals surface area contributed by atoms with Gasteiger partial charge in [0.15, 0.2) is 0 Å². The Morgan fingerprint density at radius 3 is 1.88 bits per heavy atom. The lowest BCUT2D eigenvalue weighted by Gasteiger charge is -2.02. The minimum absolute atomic E-state index is 0.318. The summed E-state index contributed by atoms with van der Waals surface area (Å²) in [7, 11) is 0. The third kappa shape index (κ3) is 3.11. The van der Waals surface area contributed by atoms with Crippen LogP contribution in [-0.4, -0.2) is 11.1 Å². The SMILES string of the molecule is Cc1ccc(Sc2ccc(C(=O)O)cc2)cc1. The van der Waals surface area contributed by atoms with Gasteiger partial charge in [0.25, 0.3) is 0 Å².